The van der Waals surface area contributed by atoms with Gasteiger partial charge in [-0.2, -0.15) is 0 Å². The molecule has 0 aliphatic carbocycles. The van der Waals surface area contributed by atoms with Crippen molar-refractivity contribution in [1.29, 1.82) is 0 Å². The summed E-state index contributed by atoms with van der Waals surface area (Å²) in [6.07, 6.45) is 6.19. The van der Waals surface area contributed by atoms with Crippen LogP contribution in [-0.4, -0.2) is 14.8 Å². The Labute approximate surface area is 85.5 Å². The van der Waals surface area contributed by atoms with E-state index in [-0.39, 0.29) is 6.04 Å². The van der Waals surface area contributed by atoms with E-state index in [0.717, 1.165) is 31.6 Å². The van der Waals surface area contributed by atoms with Crippen LogP contribution in [0.4, 0.5) is 0 Å². The molecule has 1 rings (SSSR count). The predicted octanol–water partition coefficient (Wildman–Crippen LogP) is 1.88. The molecule has 1 heterocycles. The van der Waals surface area contributed by atoms with E-state index in [1.165, 1.54) is 6.42 Å². The maximum Gasteiger partial charge on any atom is 0.149 e. The molecule has 4 heteroatoms. The Balaban J connectivity index is 2.58. The molecule has 1 aromatic heterocycles. The summed E-state index contributed by atoms with van der Waals surface area (Å²) in [7, 11) is 0. The zero-order valence-electron chi connectivity index (χ0n) is 9.11. The van der Waals surface area contributed by atoms with Gasteiger partial charge in [0.05, 0.1) is 6.04 Å². The number of nitrogens with zero attached hydrogens (tertiary/aromatic N) is 3. The van der Waals surface area contributed by atoms with Crippen LogP contribution in [0.5, 0.6) is 0 Å². The molecule has 0 fully saturated rings. The third kappa shape index (κ3) is 2.80. The number of unbranched alkanes of at least 4 members (excludes halogenated alkanes) is 1. The van der Waals surface area contributed by atoms with Gasteiger partial charge in [0.1, 0.15) is 12.2 Å². The fourth-order valence-corrected chi connectivity index (χ4v) is 1.52. The van der Waals surface area contributed by atoms with Crippen LogP contribution in [0.15, 0.2) is 6.33 Å². The Morgan fingerprint density at radius 3 is 2.86 bits per heavy atom. The van der Waals surface area contributed by atoms with Crippen molar-refractivity contribution in [3.05, 3.63) is 12.2 Å². The van der Waals surface area contributed by atoms with E-state index in [0.29, 0.717) is 0 Å². The first-order chi connectivity index (χ1) is 6.79. The topological polar surface area (TPSA) is 56.7 Å². The van der Waals surface area contributed by atoms with Crippen LogP contribution >= 0.6 is 0 Å². The summed E-state index contributed by atoms with van der Waals surface area (Å²) in [5.74, 6) is 0.931. The van der Waals surface area contributed by atoms with Crippen molar-refractivity contribution in [2.75, 3.05) is 0 Å². The summed E-state index contributed by atoms with van der Waals surface area (Å²) in [5, 5.41) is 7.98. The summed E-state index contributed by atoms with van der Waals surface area (Å²) < 4.78 is 2.06. The number of aryl methyl sites for hydroxylation is 1. The third-order valence-electron chi connectivity index (χ3n) is 2.31. The monoisotopic (exact) mass is 196 g/mol. The van der Waals surface area contributed by atoms with Crippen LogP contribution in [-0.2, 0) is 6.54 Å². The first-order valence-electron chi connectivity index (χ1n) is 5.42. The van der Waals surface area contributed by atoms with Gasteiger partial charge in [-0.05, 0) is 12.8 Å². The minimum absolute atomic E-state index is 0.0454. The van der Waals surface area contributed by atoms with Gasteiger partial charge in [-0.1, -0.05) is 26.7 Å². The molecule has 0 aliphatic rings. The minimum Gasteiger partial charge on any atom is -0.321 e. The predicted molar refractivity (Wildman–Crippen MR) is 56.8 cm³/mol. The molecule has 1 aromatic rings. The van der Waals surface area contributed by atoms with E-state index in [1.807, 2.05) is 0 Å². The Morgan fingerprint density at radius 2 is 2.21 bits per heavy atom. The van der Waals surface area contributed by atoms with Crippen LogP contribution in [0.1, 0.15) is 51.4 Å². The van der Waals surface area contributed by atoms with Crippen LogP contribution < -0.4 is 5.73 Å². The molecular weight excluding hydrogens is 176 g/mol. The maximum absolute atomic E-state index is 6.03. The molecule has 80 valence electrons. The lowest BCUT2D eigenvalue weighted by molar-refractivity contribution is 0.530. The molecule has 0 aromatic carbocycles. The molecule has 0 spiro atoms. The summed E-state index contributed by atoms with van der Waals surface area (Å²) in [4.78, 5) is 0. The zero-order valence-corrected chi connectivity index (χ0v) is 9.11. The lowest BCUT2D eigenvalue weighted by Crippen LogP contribution is -2.16. The van der Waals surface area contributed by atoms with Gasteiger partial charge >= 0.3 is 0 Å². The highest BCUT2D eigenvalue weighted by atomic mass is 15.3. The summed E-state index contributed by atoms with van der Waals surface area (Å²) in [6, 6.07) is 0.0454. The first kappa shape index (κ1) is 11.2. The molecule has 4 nitrogen and oxygen atoms in total. The molecular formula is C10H20N4. The summed E-state index contributed by atoms with van der Waals surface area (Å²) in [5.41, 5.74) is 6.03. The Bertz CT molecular complexity index is 256. The Kier molecular flexibility index (Phi) is 4.59. The molecule has 0 saturated carbocycles. The van der Waals surface area contributed by atoms with Crippen molar-refractivity contribution in [2.24, 2.45) is 5.73 Å². The SMILES string of the molecule is CCCC[C@H](N)c1nncn1CCC. The van der Waals surface area contributed by atoms with Gasteiger partial charge in [0.15, 0.2) is 0 Å². The van der Waals surface area contributed by atoms with Crippen LogP contribution in [0.2, 0.25) is 0 Å². The summed E-state index contributed by atoms with van der Waals surface area (Å²) >= 11 is 0. The molecule has 0 bridgehead atoms. The fraction of sp³-hybridized carbons (Fsp3) is 0.800. The van der Waals surface area contributed by atoms with E-state index in [9.17, 15) is 0 Å². The van der Waals surface area contributed by atoms with Gasteiger partial charge in [0.25, 0.3) is 0 Å². The van der Waals surface area contributed by atoms with Crippen molar-refractivity contribution in [3.8, 4) is 0 Å². The first-order valence-corrected chi connectivity index (χ1v) is 5.42. The molecule has 14 heavy (non-hydrogen) atoms. The van der Waals surface area contributed by atoms with Crippen molar-refractivity contribution in [2.45, 2.75) is 52.1 Å². The van der Waals surface area contributed by atoms with E-state index in [2.05, 4.69) is 28.6 Å². The molecule has 2 N–H and O–H groups in total. The molecule has 0 aliphatic heterocycles. The standard InChI is InChI=1S/C10H20N4/c1-3-5-6-9(11)10-13-12-8-14(10)7-4-2/h8-9H,3-7,11H2,1-2H3/t9-/m0/s1. The number of hydrogen-bond acceptors (Lipinski definition) is 3. The highest BCUT2D eigenvalue weighted by Crippen LogP contribution is 2.14. The second kappa shape index (κ2) is 5.75. The number of nitrogens with two attached hydrogens (primary N) is 1. The van der Waals surface area contributed by atoms with E-state index >= 15 is 0 Å². The zero-order chi connectivity index (χ0) is 10.4. The lowest BCUT2D eigenvalue weighted by Gasteiger charge is -2.11. The normalized spacial score (nSPS) is 13.1. The van der Waals surface area contributed by atoms with E-state index < -0.39 is 0 Å². The van der Waals surface area contributed by atoms with E-state index in [1.54, 1.807) is 6.33 Å². The molecule has 1 atom stereocenters. The van der Waals surface area contributed by atoms with Crippen LogP contribution in [0.25, 0.3) is 0 Å². The van der Waals surface area contributed by atoms with Crippen molar-refractivity contribution in [1.82, 2.24) is 14.8 Å². The largest absolute Gasteiger partial charge is 0.321 e. The van der Waals surface area contributed by atoms with Gasteiger partial charge in [-0.3, -0.25) is 0 Å². The molecule has 0 amide bonds. The molecule has 0 radical (unpaired) electrons. The lowest BCUT2D eigenvalue weighted by atomic mass is 10.1. The highest BCUT2D eigenvalue weighted by Gasteiger charge is 2.12. The van der Waals surface area contributed by atoms with Crippen LogP contribution in [0.3, 0.4) is 0 Å². The number of rotatable bonds is 6. The maximum atomic E-state index is 6.03. The molecule has 0 saturated heterocycles. The van der Waals surface area contributed by atoms with Gasteiger partial charge < -0.3 is 10.3 Å². The minimum atomic E-state index is 0.0454. The second-order valence-corrected chi connectivity index (χ2v) is 3.63. The summed E-state index contributed by atoms with van der Waals surface area (Å²) in [6.45, 7) is 5.27. The second-order valence-electron chi connectivity index (χ2n) is 3.63. The van der Waals surface area contributed by atoms with Crippen LogP contribution in [0, 0.1) is 0 Å². The average molecular weight is 196 g/mol. The number of hydrogen-bond donors (Lipinski definition) is 1. The Morgan fingerprint density at radius 1 is 1.43 bits per heavy atom. The van der Waals surface area contributed by atoms with Gasteiger partial charge in [-0.25, -0.2) is 0 Å². The Hall–Kier alpha value is -0.900. The van der Waals surface area contributed by atoms with Gasteiger partial charge in [0, 0.05) is 6.54 Å². The molecule has 0 unspecified atom stereocenters. The number of aromatic nitrogens is 3. The van der Waals surface area contributed by atoms with Crippen molar-refractivity contribution < 1.29 is 0 Å². The van der Waals surface area contributed by atoms with Crippen molar-refractivity contribution in [3.63, 3.8) is 0 Å². The smallest absolute Gasteiger partial charge is 0.149 e. The van der Waals surface area contributed by atoms with Gasteiger partial charge in [0.2, 0.25) is 0 Å². The quantitative estimate of drug-likeness (QED) is 0.755. The fourth-order valence-electron chi connectivity index (χ4n) is 1.52. The average Bonchev–Trinajstić information content (AvgIpc) is 2.63. The van der Waals surface area contributed by atoms with Crippen molar-refractivity contribution >= 4 is 0 Å². The van der Waals surface area contributed by atoms with Gasteiger partial charge in [-0.15, -0.1) is 10.2 Å². The van der Waals surface area contributed by atoms with E-state index in [4.69, 9.17) is 5.73 Å². The third-order valence-corrected chi connectivity index (χ3v) is 2.31. The highest BCUT2D eigenvalue weighted by molar-refractivity contribution is 4.93.